The maximum Gasteiger partial charge on any atom is 0.335 e. The van der Waals surface area contributed by atoms with Gasteiger partial charge in [0.1, 0.15) is 5.82 Å². The van der Waals surface area contributed by atoms with Gasteiger partial charge in [-0.05, 0) is 36.8 Å². The van der Waals surface area contributed by atoms with Crippen molar-refractivity contribution in [3.63, 3.8) is 0 Å². The first-order valence-electron chi connectivity index (χ1n) is 8.64. The second-order valence-corrected chi connectivity index (χ2v) is 6.30. The summed E-state index contributed by atoms with van der Waals surface area (Å²) < 4.78 is 14.2. The zero-order valence-corrected chi connectivity index (χ0v) is 14.6. The summed E-state index contributed by atoms with van der Waals surface area (Å²) in [4.78, 5) is 39.3. The number of amides is 2. The third-order valence-corrected chi connectivity index (χ3v) is 4.54. The lowest BCUT2D eigenvalue weighted by Gasteiger charge is -2.22. The van der Waals surface area contributed by atoms with E-state index in [0.29, 0.717) is 31.6 Å². The van der Waals surface area contributed by atoms with Gasteiger partial charge in [0.2, 0.25) is 0 Å². The van der Waals surface area contributed by atoms with Crippen molar-refractivity contribution >= 4 is 17.8 Å². The van der Waals surface area contributed by atoms with Crippen molar-refractivity contribution in [2.75, 3.05) is 26.2 Å². The van der Waals surface area contributed by atoms with E-state index in [9.17, 15) is 18.8 Å². The van der Waals surface area contributed by atoms with Gasteiger partial charge in [-0.15, -0.1) is 0 Å². The Bertz CT molecular complexity index is 870. The van der Waals surface area contributed by atoms with E-state index >= 15 is 0 Å². The predicted octanol–water partition coefficient (Wildman–Crippen LogP) is 2.51. The van der Waals surface area contributed by atoms with Crippen LogP contribution >= 0.6 is 0 Å². The number of hydrogen-bond donors (Lipinski definition) is 1. The Labute approximate surface area is 155 Å². The largest absolute Gasteiger partial charge is 0.478 e. The van der Waals surface area contributed by atoms with Crippen molar-refractivity contribution in [3.8, 4) is 0 Å². The number of carboxylic acids is 1. The minimum atomic E-state index is -1.25. The highest BCUT2D eigenvalue weighted by Gasteiger charge is 2.25. The van der Waals surface area contributed by atoms with Crippen LogP contribution in [0, 0.1) is 5.82 Å². The van der Waals surface area contributed by atoms with E-state index in [0.717, 1.165) is 6.07 Å². The van der Waals surface area contributed by atoms with Crippen molar-refractivity contribution in [2.45, 2.75) is 6.42 Å². The highest BCUT2D eigenvalue weighted by atomic mass is 19.1. The second-order valence-electron chi connectivity index (χ2n) is 6.30. The topological polar surface area (TPSA) is 77.9 Å². The van der Waals surface area contributed by atoms with Crippen molar-refractivity contribution in [3.05, 3.63) is 71.0 Å². The summed E-state index contributed by atoms with van der Waals surface area (Å²) in [6.45, 7) is 1.56. The predicted molar refractivity (Wildman–Crippen MR) is 96.2 cm³/mol. The Morgan fingerprint density at radius 1 is 0.815 bits per heavy atom. The van der Waals surface area contributed by atoms with Crippen LogP contribution in [0.5, 0.6) is 0 Å². The molecule has 2 aromatic rings. The fourth-order valence-corrected chi connectivity index (χ4v) is 3.08. The number of benzene rings is 2. The molecule has 0 aromatic heterocycles. The molecule has 1 aliphatic rings. The van der Waals surface area contributed by atoms with Crippen LogP contribution in [-0.4, -0.2) is 58.9 Å². The fraction of sp³-hybridized carbons (Fsp3) is 0.250. The molecule has 0 aliphatic carbocycles. The number of aromatic carboxylic acids is 1. The standard InChI is InChI=1S/C20H19FN2O4/c21-17-13-15(20(26)27)7-8-16(17)19(25)23-10-4-9-22(11-12-23)18(24)14-5-2-1-3-6-14/h1-3,5-8,13H,4,9-12H2,(H,26,27). The average Bonchev–Trinajstić information content (AvgIpc) is 2.93. The maximum atomic E-state index is 14.2. The Kier molecular flexibility index (Phi) is 5.49. The van der Waals surface area contributed by atoms with Crippen molar-refractivity contribution in [2.24, 2.45) is 0 Å². The highest BCUT2D eigenvalue weighted by molar-refractivity contribution is 5.96. The van der Waals surface area contributed by atoms with E-state index in [1.807, 2.05) is 6.07 Å². The number of carbonyl (C=O) groups excluding carboxylic acids is 2. The molecule has 3 rings (SSSR count). The van der Waals surface area contributed by atoms with Gasteiger partial charge in [-0.3, -0.25) is 9.59 Å². The molecule has 140 valence electrons. The monoisotopic (exact) mass is 370 g/mol. The molecule has 27 heavy (non-hydrogen) atoms. The number of hydrogen-bond acceptors (Lipinski definition) is 3. The van der Waals surface area contributed by atoms with E-state index in [4.69, 9.17) is 5.11 Å². The third-order valence-electron chi connectivity index (χ3n) is 4.54. The van der Waals surface area contributed by atoms with Crippen molar-refractivity contribution < 1.29 is 23.9 Å². The number of rotatable bonds is 3. The summed E-state index contributed by atoms with van der Waals surface area (Å²) in [6.07, 6.45) is 0.582. The summed E-state index contributed by atoms with van der Waals surface area (Å²) >= 11 is 0. The summed E-state index contributed by atoms with van der Waals surface area (Å²) in [5, 5.41) is 8.90. The molecule has 0 spiro atoms. The summed E-state index contributed by atoms with van der Waals surface area (Å²) in [7, 11) is 0. The quantitative estimate of drug-likeness (QED) is 0.901. The average molecular weight is 370 g/mol. The molecule has 0 bridgehead atoms. The van der Waals surface area contributed by atoms with Gasteiger partial charge in [0, 0.05) is 31.7 Å². The lowest BCUT2D eigenvalue weighted by molar-refractivity contribution is 0.0693. The molecule has 2 amide bonds. The van der Waals surface area contributed by atoms with Crippen molar-refractivity contribution in [1.29, 1.82) is 0 Å². The number of carboxylic acid groups (broad SMARTS) is 1. The molecule has 1 heterocycles. The Balaban J connectivity index is 1.70. The van der Waals surface area contributed by atoms with Crippen LogP contribution in [0.25, 0.3) is 0 Å². The lowest BCUT2D eigenvalue weighted by atomic mass is 10.1. The molecule has 1 N–H and O–H groups in total. The van der Waals surface area contributed by atoms with Gasteiger partial charge in [0.15, 0.2) is 0 Å². The Hall–Kier alpha value is -3.22. The molecular weight excluding hydrogens is 351 g/mol. The smallest absolute Gasteiger partial charge is 0.335 e. The molecule has 0 unspecified atom stereocenters. The van der Waals surface area contributed by atoms with Crippen LogP contribution in [0.1, 0.15) is 37.5 Å². The lowest BCUT2D eigenvalue weighted by Crippen LogP contribution is -2.37. The zero-order chi connectivity index (χ0) is 19.4. The summed E-state index contributed by atoms with van der Waals surface area (Å²) in [5.74, 6) is -2.71. The number of nitrogens with zero attached hydrogens (tertiary/aromatic N) is 2. The first-order chi connectivity index (χ1) is 13.0. The van der Waals surface area contributed by atoms with Crippen LogP contribution in [0.4, 0.5) is 4.39 Å². The van der Waals surface area contributed by atoms with Crippen LogP contribution in [0.2, 0.25) is 0 Å². The van der Waals surface area contributed by atoms with Crippen LogP contribution in [0.15, 0.2) is 48.5 Å². The minimum Gasteiger partial charge on any atom is -0.478 e. The van der Waals surface area contributed by atoms with E-state index in [1.165, 1.54) is 17.0 Å². The van der Waals surface area contributed by atoms with Crippen LogP contribution < -0.4 is 0 Å². The molecule has 1 aliphatic heterocycles. The Morgan fingerprint density at radius 2 is 1.44 bits per heavy atom. The van der Waals surface area contributed by atoms with Gasteiger partial charge in [0.05, 0.1) is 11.1 Å². The van der Waals surface area contributed by atoms with E-state index in [1.54, 1.807) is 29.2 Å². The molecule has 7 heteroatoms. The molecule has 1 saturated heterocycles. The maximum absolute atomic E-state index is 14.2. The molecule has 0 atom stereocenters. The zero-order valence-electron chi connectivity index (χ0n) is 14.6. The molecular formula is C20H19FN2O4. The van der Waals surface area contributed by atoms with Gasteiger partial charge in [-0.1, -0.05) is 18.2 Å². The van der Waals surface area contributed by atoms with Gasteiger partial charge >= 0.3 is 5.97 Å². The van der Waals surface area contributed by atoms with Gasteiger partial charge in [-0.25, -0.2) is 9.18 Å². The van der Waals surface area contributed by atoms with Gasteiger partial charge in [-0.2, -0.15) is 0 Å². The SMILES string of the molecule is O=C(O)c1ccc(C(=O)N2CCCN(C(=O)c3ccccc3)CC2)c(F)c1. The fourth-order valence-electron chi connectivity index (χ4n) is 3.08. The molecule has 2 aromatic carbocycles. The molecule has 1 fully saturated rings. The number of halogens is 1. The van der Waals surface area contributed by atoms with Gasteiger partial charge in [0.25, 0.3) is 11.8 Å². The minimum absolute atomic E-state index is 0.0955. The summed E-state index contributed by atoms with van der Waals surface area (Å²) in [5.41, 5.74) is 0.218. The molecule has 0 saturated carbocycles. The number of carbonyl (C=O) groups is 3. The van der Waals surface area contributed by atoms with Gasteiger partial charge < -0.3 is 14.9 Å². The molecule has 6 nitrogen and oxygen atoms in total. The summed E-state index contributed by atoms with van der Waals surface area (Å²) in [6, 6.07) is 12.2. The van der Waals surface area contributed by atoms with E-state index in [-0.39, 0.29) is 23.6 Å². The van der Waals surface area contributed by atoms with Crippen LogP contribution in [-0.2, 0) is 0 Å². The van der Waals surface area contributed by atoms with E-state index in [2.05, 4.69) is 0 Å². The first kappa shape index (κ1) is 18.6. The third kappa shape index (κ3) is 4.13. The normalized spacial score (nSPS) is 14.6. The van der Waals surface area contributed by atoms with Crippen LogP contribution in [0.3, 0.4) is 0 Å². The molecule has 0 radical (unpaired) electrons. The first-order valence-corrected chi connectivity index (χ1v) is 8.64. The second kappa shape index (κ2) is 7.99. The van der Waals surface area contributed by atoms with Crippen molar-refractivity contribution in [1.82, 2.24) is 9.80 Å². The van der Waals surface area contributed by atoms with E-state index < -0.39 is 17.7 Å². The highest BCUT2D eigenvalue weighted by Crippen LogP contribution is 2.16. The Morgan fingerprint density at radius 3 is 2.04 bits per heavy atom.